The number of esters is 1. The van der Waals surface area contributed by atoms with Gasteiger partial charge in [0, 0.05) is 6.54 Å². The molecule has 0 aliphatic rings. The number of allylic oxidation sites excluding steroid dienone is 1. The summed E-state index contributed by atoms with van der Waals surface area (Å²) >= 11 is 1.31. The number of aromatic nitrogens is 1. The molecule has 0 N–H and O–H groups in total. The lowest BCUT2D eigenvalue weighted by Crippen LogP contribution is -2.19. The lowest BCUT2D eigenvalue weighted by atomic mass is 10.2. The van der Waals surface area contributed by atoms with Crippen LogP contribution in [0.15, 0.2) is 60.1 Å². The van der Waals surface area contributed by atoms with Crippen molar-refractivity contribution in [2.24, 2.45) is 4.99 Å². The molecule has 0 spiro atoms. The second-order valence-electron chi connectivity index (χ2n) is 5.93. The minimum absolute atomic E-state index is 0.192. The van der Waals surface area contributed by atoms with Gasteiger partial charge in [-0.1, -0.05) is 17.4 Å². The fraction of sp³-hybridized carbons (Fsp3) is 0.190. The Morgan fingerprint density at radius 2 is 1.86 bits per heavy atom. The van der Waals surface area contributed by atoms with Crippen molar-refractivity contribution < 1.29 is 23.8 Å². The van der Waals surface area contributed by atoms with Crippen LogP contribution in [-0.4, -0.2) is 37.3 Å². The van der Waals surface area contributed by atoms with Crippen molar-refractivity contribution in [3.63, 3.8) is 0 Å². The van der Waals surface area contributed by atoms with Crippen LogP contribution in [0.25, 0.3) is 10.2 Å². The summed E-state index contributed by atoms with van der Waals surface area (Å²) in [4.78, 5) is 28.8. The molecule has 0 unspecified atom stereocenters. The minimum atomic E-state index is -0.418. The van der Waals surface area contributed by atoms with Gasteiger partial charge in [-0.05, 0) is 42.5 Å². The molecule has 0 saturated carbocycles. The summed E-state index contributed by atoms with van der Waals surface area (Å²) in [5.74, 6) is 0.416. The molecule has 8 heteroatoms. The molecule has 1 heterocycles. The molecule has 1 amide bonds. The van der Waals surface area contributed by atoms with Crippen LogP contribution in [0.1, 0.15) is 10.4 Å². The third-order valence-corrected chi connectivity index (χ3v) is 5.10. The predicted molar refractivity (Wildman–Crippen MR) is 110 cm³/mol. The van der Waals surface area contributed by atoms with Crippen molar-refractivity contribution in [3.05, 3.63) is 65.5 Å². The number of hydrogen-bond donors (Lipinski definition) is 0. The van der Waals surface area contributed by atoms with Gasteiger partial charge in [-0.2, -0.15) is 4.99 Å². The second-order valence-corrected chi connectivity index (χ2v) is 6.94. The van der Waals surface area contributed by atoms with Gasteiger partial charge in [-0.3, -0.25) is 4.79 Å². The Kier molecular flexibility index (Phi) is 6.46. The van der Waals surface area contributed by atoms with E-state index in [0.717, 1.165) is 10.2 Å². The van der Waals surface area contributed by atoms with Gasteiger partial charge in [0.25, 0.3) is 5.91 Å². The van der Waals surface area contributed by atoms with Gasteiger partial charge >= 0.3 is 5.97 Å². The number of thiazole rings is 1. The van der Waals surface area contributed by atoms with Crippen LogP contribution in [0, 0.1) is 0 Å². The van der Waals surface area contributed by atoms with E-state index in [1.807, 2.05) is 4.57 Å². The summed E-state index contributed by atoms with van der Waals surface area (Å²) in [5, 5.41) is 0. The first-order chi connectivity index (χ1) is 14.0. The van der Waals surface area contributed by atoms with E-state index in [1.165, 1.54) is 18.4 Å². The lowest BCUT2D eigenvalue weighted by molar-refractivity contribution is -0.120. The van der Waals surface area contributed by atoms with Gasteiger partial charge in [-0.25, -0.2) is 4.79 Å². The zero-order valence-corrected chi connectivity index (χ0v) is 16.9. The SMILES string of the molecule is C=CCn1c(=NC(=O)COc2ccc(OC)cc2)sc2cc(C(=O)OC)ccc21. The smallest absolute Gasteiger partial charge is 0.337 e. The molecule has 150 valence electrons. The summed E-state index contributed by atoms with van der Waals surface area (Å²) in [5.41, 5.74) is 1.29. The number of rotatable bonds is 7. The van der Waals surface area contributed by atoms with E-state index >= 15 is 0 Å². The lowest BCUT2D eigenvalue weighted by Gasteiger charge is -2.05. The van der Waals surface area contributed by atoms with Crippen molar-refractivity contribution >= 4 is 33.4 Å². The maximum Gasteiger partial charge on any atom is 0.337 e. The molecule has 0 radical (unpaired) electrons. The second kappa shape index (κ2) is 9.20. The Labute approximate surface area is 171 Å². The molecule has 0 atom stereocenters. The van der Waals surface area contributed by atoms with Crippen LogP contribution >= 0.6 is 11.3 Å². The molecule has 0 aliphatic carbocycles. The summed E-state index contributed by atoms with van der Waals surface area (Å²) < 4.78 is 18.0. The topological polar surface area (TPSA) is 79.1 Å². The van der Waals surface area contributed by atoms with Crippen LogP contribution in [0.5, 0.6) is 11.5 Å². The molecule has 1 aromatic heterocycles. The maximum atomic E-state index is 12.3. The molecule has 29 heavy (non-hydrogen) atoms. The van der Waals surface area contributed by atoms with Crippen LogP contribution in [-0.2, 0) is 16.1 Å². The number of nitrogens with zero attached hydrogens (tertiary/aromatic N) is 2. The Morgan fingerprint density at radius 1 is 1.14 bits per heavy atom. The van der Waals surface area contributed by atoms with Crippen molar-refractivity contribution in [2.45, 2.75) is 6.54 Å². The van der Waals surface area contributed by atoms with E-state index in [0.29, 0.717) is 28.4 Å². The summed E-state index contributed by atoms with van der Waals surface area (Å²) in [6, 6.07) is 12.1. The Hall–Kier alpha value is -3.39. The fourth-order valence-electron chi connectivity index (χ4n) is 2.66. The van der Waals surface area contributed by atoms with Crippen molar-refractivity contribution in [1.82, 2.24) is 4.57 Å². The molecule has 0 bridgehead atoms. The highest BCUT2D eigenvalue weighted by Gasteiger charge is 2.12. The van der Waals surface area contributed by atoms with Gasteiger partial charge in [0.15, 0.2) is 11.4 Å². The number of benzene rings is 2. The molecule has 0 saturated heterocycles. The number of ether oxygens (including phenoxy) is 3. The van der Waals surface area contributed by atoms with E-state index in [4.69, 9.17) is 14.2 Å². The summed E-state index contributed by atoms with van der Waals surface area (Å²) in [7, 11) is 2.91. The largest absolute Gasteiger partial charge is 0.497 e. The first-order valence-corrected chi connectivity index (χ1v) is 9.54. The maximum absolute atomic E-state index is 12.3. The van der Waals surface area contributed by atoms with Crippen LogP contribution in [0.2, 0.25) is 0 Å². The minimum Gasteiger partial charge on any atom is -0.497 e. The quantitative estimate of drug-likeness (QED) is 0.440. The van der Waals surface area contributed by atoms with E-state index in [9.17, 15) is 9.59 Å². The summed E-state index contributed by atoms with van der Waals surface area (Å²) in [6.45, 7) is 4.04. The van der Waals surface area contributed by atoms with E-state index in [-0.39, 0.29) is 6.61 Å². The zero-order chi connectivity index (χ0) is 20.8. The number of methoxy groups -OCH3 is 2. The zero-order valence-electron chi connectivity index (χ0n) is 16.1. The van der Waals surface area contributed by atoms with Gasteiger partial charge in [0.1, 0.15) is 11.5 Å². The average molecular weight is 412 g/mol. The third kappa shape index (κ3) is 4.72. The first-order valence-electron chi connectivity index (χ1n) is 8.72. The Balaban J connectivity index is 1.86. The van der Waals surface area contributed by atoms with Gasteiger partial charge < -0.3 is 18.8 Å². The van der Waals surface area contributed by atoms with Crippen LogP contribution in [0.4, 0.5) is 0 Å². The molecular weight excluding hydrogens is 392 g/mol. The van der Waals surface area contributed by atoms with Crippen molar-refractivity contribution in [3.8, 4) is 11.5 Å². The van der Waals surface area contributed by atoms with Gasteiger partial charge in [-0.15, -0.1) is 6.58 Å². The van der Waals surface area contributed by atoms with Crippen molar-refractivity contribution in [1.29, 1.82) is 0 Å². The molecular formula is C21H20N2O5S. The average Bonchev–Trinajstić information content (AvgIpc) is 3.08. The summed E-state index contributed by atoms with van der Waals surface area (Å²) in [6.07, 6.45) is 1.72. The number of carbonyl (C=O) groups excluding carboxylic acids is 2. The predicted octanol–water partition coefficient (Wildman–Crippen LogP) is 3.19. The number of fused-ring (bicyclic) bond motifs is 1. The standard InChI is InChI=1S/C21H20N2O5S/c1-4-11-23-17-10-5-14(20(25)27-3)12-18(17)29-21(23)22-19(24)13-28-16-8-6-15(26-2)7-9-16/h4-10,12H,1,11,13H2,2-3H3. The molecule has 0 fully saturated rings. The normalized spacial score (nSPS) is 11.3. The van der Waals surface area contributed by atoms with E-state index in [1.54, 1.807) is 55.7 Å². The van der Waals surface area contributed by atoms with E-state index < -0.39 is 11.9 Å². The number of hydrogen-bond acceptors (Lipinski definition) is 6. The highest BCUT2D eigenvalue weighted by atomic mass is 32.1. The third-order valence-electron chi connectivity index (χ3n) is 4.06. The highest BCUT2D eigenvalue weighted by molar-refractivity contribution is 7.16. The molecule has 7 nitrogen and oxygen atoms in total. The molecule has 3 aromatic rings. The van der Waals surface area contributed by atoms with Gasteiger partial charge in [0.05, 0.1) is 30.0 Å². The van der Waals surface area contributed by atoms with Crippen LogP contribution < -0.4 is 14.3 Å². The number of amides is 1. The van der Waals surface area contributed by atoms with Gasteiger partial charge in [0.2, 0.25) is 0 Å². The highest BCUT2D eigenvalue weighted by Crippen LogP contribution is 2.20. The molecule has 2 aromatic carbocycles. The van der Waals surface area contributed by atoms with Crippen LogP contribution in [0.3, 0.4) is 0 Å². The van der Waals surface area contributed by atoms with Crippen molar-refractivity contribution in [2.75, 3.05) is 20.8 Å². The Morgan fingerprint density at radius 3 is 2.52 bits per heavy atom. The Bertz CT molecular complexity index is 1110. The molecule has 0 aliphatic heterocycles. The number of carbonyl (C=O) groups is 2. The first kappa shape index (κ1) is 20.3. The molecule has 3 rings (SSSR count). The monoisotopic (exact) mass is 412 g/mol. The van der Waals surface area contributed by atoms with E-state index in [2.05, 4.69) is 11.6 Å². The fourth-order valence-corrected chi connectivity index (χ4v) is 3.76.